The summed E-state index contributed by atoms with van der Waals surface area (Å²) in [7, 11) is 0. The Hall–Kier alpha value is -4.63. The minimum atomic E-state index is -1.40. The van der Waals surface area contributed by atoms with Crippen molar-refractivity contribution in [2.24, 2.45) is 17.8 Å². The lowest BCUT2D eigenvalue weighted by Gasteiger charge is -2.36. The van der Waals surface area contributed by atoms with E-state index in [-0.39, 0.29) is 50.4 Å². The van der Waals surface area contributed by atoms with E-state index in [9.17, 15) is 39.3 Å². The second kappa shape index (κ2) is 22.8. The quantitative estimate of drug-likeness (QED) is 0.135. The zero-order chi connectivity index (χ0) is 41.4. The Kier molecular flexibility index (Phi) is 18.6. The summed E-state index contributed by atoms with van der Waals surface area (Å²) in [6, 6.07) is 3.01. The number of ketones is 1. The van der Waals surface area contributed by atoms with Gasteiger partial charge in [-0.05, 0) is 68.7 Å². The number of aliphatic hydroxyl groups excluding tert-OH is 3. The van der Waals surface area contributed by atoms with Crippen LogP contribution in [0.2, 0.25) is 0 Å². The zero-order valence-corrected chi connectivity index (χ0v) is 33.1. The van der Waals surface area contributed by atoms with Gasteiger partial charge in [0.05, 0.1) is 18.1 Å². The second-order valence-corrected chi connectivity index (χ2v) is 15.0. The molecular weight excluding hydrogens is 720 g/mol. The summed E-state index contributed by atoms with van der Waals surface area (Å²) in [6.45, 7) is 8.40. The molecule has 1 aromatic carbocycles. The molecule has 0 aromatic heterocycles. The number of aromatic hydroxyl groups is 1. The molecule has 1 fully saturated rings. The van der Waals surface area contributed by atoms with Crippen molar-refractivity contribution in [3.05, 3.63) is 77.9 Å². The summed E-state index contributed by atoms with van der Waals surface area (Å²) >= 11 is 0. The number of carbonyl (C=O) groups excluding carboxylic acids is 5. The number of nitrogens with one attached hydrogen (secondary N) is 3. The van der Waals surface area contributed by atoms with E-state index < -0.39 is 77.9 Å². The minimum Gasteiger partial charge on any atom is -0.508 e. The molecule has 8 atom stereocenters. The average molecular weight is 781 g/mol. The number of cyclic esters (lactones) is 1. The first-order valence-electron chi connectivity index (χ1n) is 19.4. The number of hydrogen-bond acceptors (Lipinski definition) is 11. The van der Waals surface area contributed by atoms with Crippen LogP contribution in [-0.2, 0) is 35.1 Å². The van der Waals surface area contributed by atoms with Crippen LogP contribution in [0.4, 0.5) is 0 Å². The van der Waals surface area contributed by atoms with Gasteiger partial charge in [0.2, 0.25) is 11.8 Å². The van der Waals surface area contributed by atoms with Gasteiger partial charge in [0.1, 0.15) is 35.8 Å². The molecule has 2 heterocycles. The lowest BCUT2D eigenvalue weighted by Crippen LogP contribution is -2.62. The standard InChI is InChI=1S/C42H60N4O10/c1-26(2)37-40(53)43-34(25-30-15-12-16-31(49)24-30)41(54)46-22-13-17-33(45-46)42(55)56-36(27(3)14-8-7-11-23-47)19-10-6-9-18-35(50)29(5)38(51)32(39(52)44-37)21-20-28(4)48/h6-10,12,14-16,18,24,26,29,32-38,45,47,49-51H,11,13,17,19-23,25H2,1-5H3,(H,43,53)(H,44,52)/b8-7+,10-6+,18-9+,27-14+/t29-,32+,33-,34-,35-,36-,37-,38+/m0/s1. The van der Waals surface area contributed by atoms with E-state index in [2.05, 4.69) is 16.1 Å². The van der Waals surface area contributed by atoms with Gasteiger partial charge < -0.3 is 40.6 Å². The first kappa shape index (κ1) is 45.8. The average Bonchev–Trinajstić information content (AvgIpc) is 3.16. The molecule has 0 saturated carbocycles. The molecule has 308 valence electrons. The summed E-state index contributed by atoms with van der Waals surface area (Å²) in [6.07, 6.45) is 9.99. The van der Waals surface area contributed by atoms with Gasteiger partial charge in [0, 0.05) is 38.3 Å². The highest BCUT2D eigenvalue weighted by atomic mass is 16.5. The van der Waals surface area contributed by atoms with Crippen molar-refractivity contribution in [1.29, 1.82) is 0 Å². The van der Waals surface area contributed by atoms with Crippen molar-refractivity contribution in [2.45, 2.75) is 116 Å². The number of Topliss-reactive ketones (excluding diaryl/α,β-unsaturated/α-hetero) is 1. The van der Waals surface area contributed by atoms with Gasteiger partial charge in [-0.15, -0.1) is 0 Å². The summed E-state index contributed by atoms with van der Waals surface area (Å²) in [5.74, 6) is -5.23. The van der Waals surface area contributed by atoms with Crippen molar-refractivity contribution >= 4 is 29.5 Å². The summed E-state index contributed by atoms with van der Waals surface area (Å²) in [5.41, 5.74) is 4.27. The Morgan fingerprint density at radius 2 is 1.82 bits per heavy atom. The predicted molar refractivity (Wildman–Crippen MR) is 210 cm³/mol. The van der Waals surface area contributed by atoms with Gasteiger partial charge in [0.25, 0.3) is 5.91 Å². The maximum Gasteiger partial charge on any atom is 0.325 e. The van der Waals surface area contributed by atoms with Gasteiger partial charge in [0.15, 0.2) is 0 Å². The van der Waals surface area contributed by atoms with Crippen LogP contribution in [0.15, 0.2) is 72.4 Å². The van der Waals surface area contributed by atoms with Crippen LogP contribution in [0.3, 0.4) is 0 Å². The van der Waals surface area contributed by atoms with E-state index in [0.29, 0.717) is 24.8 Å². The van der Waals surface area contributed by atoms with Crippen LogP contribution in [0.5, 0.6) is 5.75 Å². The Balaban J connectivity index is 2.07. The van der Waals surface area contributed by atoms with E-state index in [1.807, 2.05) is 6.92 Å². The molecule has 0 aliphatic carbocycles. The number of amides is 3. The second-order valence-electron chi connectivity index (χ2n) is 15.0. The van der Waals surface area contributed by atoms with Crippen LogP contribution in [0.1, 0.15) is 78.7 Å². The summed E-state index contributed by atoms with van der Waals surface area (Å²) < 4.78 is 6.00. The number of fused-ring (bicyclic) bond motifs is 2. The molecule has 0 radical (unpaired) electrons. The first-order valence-corrected chi connectivity index (χ1v) is 19.4. The van der Waals surface area contributed by atoms with Crippen molar-refractivity contribution in [3.8, 4) is 5.75 Å². The first-order chi connectivity index (χ1) is 26.6. The van der Waals surface area contributed by atoms with E-state index in [1.54, 1.807) is 69.4 Å². The van der Waals surface area contributed by atoms with Gasteiger partial charge in [-0.3, -0.25) is 24.2 Å². The van der Waals surface area contributed by atoms with Gasteiger partial charge in [-0.25, -0.2) is 5.43 Å². The molecular formula is C42H60N4O10. The van der Waals surface area contributed by atoms with Crippen molar-refractivity contribution in [2.75, 3.05) is 13.2 Å². The number of allylic oxidation sites excluding steroid dienone is 4. The highest BCUT2D eigenvalue weighted by Gasteiger charge is 2.38. The smallest absolute Gasteiger partial charge is 0.325 e. The van der Waals surface area contributed by atoms with Crippen LogP contribution < -0.4 is 16.1 Å². The maximum atomic E-state index is 14.2. The molecule has 14 nitrogen and oxygen atoms in total. The Labute approximate surface area is 329 Å². The number of hydrogen-bond donors (Lipinski definition) is 7. The zero-order valence-electron chi connectivity index (χ0n) is 33.1. The van der Waals surface area contributed by atoms with Gasteiger partial charge in [-0.1, -0.05) is 75.4 Å². The fourth-order valence-corrected chi connectivity index (χ4v) is 6.54. The fraction of sp³-hybridized carbons (Fsp3) is 0.548. The summed E-state index contributed by atoms with van der Waals surface area (Å²) in [5, 5.41) is 48.6. The monoisotopic (exact) mass is 780 g/mol. The number of phenolic OH excluding ortho intramolecular Hbond substituents is 1. The predicted octanol–water partition coefficient (Wildman–Crippen LogP) is 2.71. The minimum absolute atomic E-state index is 0.0100. The number of hydrazine groups is 1. The third-order valence-electron chi connectivity index (χ3n) is 10.0. The molecule has 2 aliphatic rings. The SMILES string of the molecule is CC(=O)CC[C@H]1C(=O)N[C@@H](C(C)C)C(=O)N[C@@H](Cc2cccc(O)c2)C(=O)N2CCC[C@H](N2)C(=O)O[C@H](/C(C)=C/C=C/CCO)C/C=C/C=C/[C@H](O)[C@H](C)[C@H]1O. The van der Waals surface area contributed by atoms with Crippen molar-refractivity contribution in [3.63, 3.8) is 0 Å². The van der Waals surface area contributed by atoms with Crippen LogP contribution in [0.25, 0.3) is 0 Å². The Morgan fingerprint density at radius 1 is 1.07 bits per heavy atom. The Bertz CT molecular complexity index is 1620. The molecule has 1 saturated heterocycles. The number of benzene rings is 1. The molecule has 3 rings (SSSR count). The highest BCUT2D eigenvalue weighted by molar-refractivity contribution is 5.93. The van der Waals surface area contributed by atoms with Crippen LogP contribution in [0, 0.1) is 17.8 Å². The third-order valence-corrected chi connectivity index (χ3v) is 10.0. The maximum absolute atomic E-state index is 14.2. The number of esters is 1. The van der Waals surface area contributed by atoms with Crippen LogP contribution in [-0.4, -0.2) is 104 Å². The fourth-order valence-electron chi connectivity index (χ4n) is 6.54. The van der Waals surface area contributed by atoms with Crippen LogP contribution >= 0.6 is 0 Å². The van der Waals surface area contributed by atoms with Crippen molar-refractivity contribution in [1.82, 2.24) is 21.1 Å². The molecule has 3 amide bonds. The lowest BCUT2D eigenvalue weighted by atomic mass is 9.84. The Morgan fingerprint density at radius 3 is 2.50 bits per heavy atom. The summed E-state index contributed by atoms with van der Waals surface area (Å²) in [4.78, 5) is 67.8. The van der Waals surface area contributed by atoms with Crippen molar-refractivity contribution < 1.29 is 49.1 Å². The van der Waals surface area contributed by atoms with Gasteiger partial charge >= 0.3 is 5.97 Å². The normalized spacial score (nSPS) is 29.2. The largest absolute Gasteiger partial charge is 0.508 e. The molecule has 0 spiro atoms. The molecule has 7 N–H and O–H groups in total. The topological polar surface area (TPSA) is 215 Å². The lowest BCUT2D eigenvalue weighted by molar-refractivity contribution is -0.156. The van der Waals surface area contributed by atoms with E-state index in [4.69, 9.17) is 9.84 Å². The third kappa shape index (κ3) is 14.1. The molecule has 0 unspecified atom stereocenters. The van der Waals surface area contributed by atoms with E-state index in [0.717, 1.165) is 5.57 Å². The van der Waals surface area contributed by atoms with E-state index in [1.165, 1.54) is 30.1 Å². The number of carbonyl (C=O) groups is 5. The molecule has 56 heavy (non-hydrogen) atoms. The molecule has 2 bridgehead atoms. The van der Waals surface area contributed by atoms with E-state index >= 15 is 0 Å². The number of phenols is 1. The number of nitrogens with zero attached hydrogens (tertiary/aromatic N) is 1. The molecule has 2 aliphatic heterocycles. The number of rotatable bonds is 10. The number of ether oxygens (including phenoxy) is 1. The molecule has 14 heteroatoms. The highest BCUT2D eigenvalue weighted by Crippen LogP contribution is 2.24. The molecule has 1 aromatic rings. The van der Waals surface area contributed by atoms with Gasteiger partial charge in [-0.2, -0.15) is 0 Å². The number of aliphatic hydroxyl groups is 3.